The van der Waals surface area contributed by atoms with Gasteiger partial charge in [0.2, 0.25) is 6.54 Å². The molecule has 0 saturated heterocycles. The molecule has 3 heteroatoms. The van der Waals surface area contributed by atoms with Gasteiger partial charge in [0.05, 0.1) is 0 Å². The summed E-state index contributed by atoms with van der Waals surface area (Å²) in [5.41, 5.74) is 0. The van der Waals surface area contributed by atoms with E-state index in [1.165, 1.54) is 0 Å². The molecular formula is C9H19NO2. The number of rotatable bonds is 5. The fourth-order valence-corrected chi connectivity index (χ4v) is 1.52. The zero-order valence-electron chi connectivity index (χ0n) is 8.41. The van der Waals surface area contributed by atoms with Gasteiger partial charge in [0.15, 0.2) is 0 Å². The van der Waals surface area contributed by atoms with E-state index in [1.54, 1.807) is 0 Å². The van der Waals surface area contributed by atoms with Crippen molar-refractivity contribution in [3.63, 3.8) is 0 Å². The van der Waals surface area contributed by atoms with E-state index in [9.17, 15) is 10.1 Å². The molecule has 0 saturated carbocycles. The van der Waals surface area contributed by atoms with Crippen molar-refractivity contribution in [3.05, 3.63) is 10.1 Å². The van der Waals surface area contributed by atoms with Crippen molar-refractivity contribution in [2.45, 2.75) is 34.1 Å². The summed E-state index contributed by atoms with van der Waals surface area (Å²) in [5, 5.41) is 10.3. The van der Waals surface area contributed by atoms with Gasteiger partial charge in [-0.2, -0.15) is 0 Å². The highest BCUT2D eigenvalue weighted by molar-refractivity contribution is 4.67. The maximum atomic E-state index is 10.3. The lowest BCUT2D eigenvalue weighted by Gasteiger charge is -2.22. The lowest BCUT2D eigenvalue weighted by molar-refractivity contribution is -0.491. The van der Waals surface area contributed by atoms with E-state index in [2.05, 4.69) is 27.7 Å². The lowest BCUT2D eigenvalue weighted by atomic mass is 9.83. The Kier molecular flexibility index (Phi) is 4.86. The monoisotopic (exact) mass is 173 g/mol. The second kappa shape index (κ2) is 5.12. The van der Waals surface area contributed by atoms with Crippen molar-refractivity contribution in [1.82, 2.24) is 0 Å². The summed E-state index contributed by atoms with van der Waals surface area (Å²) in [6, 6.07) is 0. The summed E-state index contributed by atoms with van der Waals surface area (Å²) >= 11 is 0. The molecule has 0 rings (SSSR count). The molecule has 0 bridgehead atoms. The highest BCUT2D eigenvalue weighted by atomic mass is 16.6. The largest absolute Gasteiger partial charge is 0.265 e. The van der Waals surface area contributed by atoms with Crippen LogP contribution in [0.5, 0.6) is 0 Å². The van der Waals surface area contributed by atoms with Gasteiger partial charge in [-0.05, 0) is 11.8 Å². The summed E-state index contributed by atoms with van der Waals surface area (Å²) in [6.45, 7) is 8.40. The fourth-order valence-electron chi connectivity index (χ4n) is 1.52. The Bertz CT molecular complexity index is 145. The van der Waals surface area contributed by atoms with Gasteiger partial charge in [0, 0.05) is 10.8 Å². The van der Waals surface area contributed by atoms with Crippen LogP contribution >= 0.6 is 0 Å². The van der Waals surface area contributed by atoms with Gasteiger partial charge in [-0.15, -0.1) is 0 Å². The summed E-state index contributed by atoms with van der Waals surface area (Å²) in [6.07, 6.45) is 1.02. The average Bonchev–Trinajstić information content (AvgIpc) is 1.98. The van der Waals surface area contributed by atoms with Crippen molar-refractivity contribution in [2.75, 3.05) is 6.54 Å². The highest BCUT2D eigenvalue weighted by Crippen LogP contribution is 2.23. The zero-order valence-corrected chi connectivity index (χ0v) is 8.41. The van der Waals surface area contributed by atoms with Crippen LogP contribution < -0.4 is 0 Å². The van der Waals surface area contributed by atoms with Crippen LogP contribution in [0.15, 0.2) is 0 Å². The second-order valence-corrected chi connectivity index (χ2v) is 3.81. The summed E-state index contributed by atoms with van der Waals surface area (Å²) in [4.78, 5) is 10.1. The third-order valence-corrected chi connectivity index (χ3v) is 2.59. The SMILES string of the molecule is CC[C@@H](C)[C@@H](C[N+](=O)[O-])C(C)C. The van der Waals surface area contributed by atoms with Gasteiger partial charge < -0.3 is 0 Å². The Hall–Kier alpha value is -0.600. The van der Waals surface area contributed by atoms with Crippen LogP contribution in [0.3, 0.4) is 0 Å². The first-order valence-corrected chi connectivity index (χ1v) is 4.60. The maximum absolute atomic E-state index is 10.3. The Morgan fingerprint density at radius 1 is 1.33 bits per heavy atom. The number of hydrogen-bond acceptors (Lipinski definition) is 2. The van der Waals surface area contributed by atoms with Crippen LogP contribution in [0.4, 0.5) is 0 Å². The second-order valence-electron chi connectivity index (χ2n) is 3.81. The van der Waals surface area contributed by atoms with E-state index in [1.807, 2.05) is 0 Å². The van der Waals surface area contributed by atoms with E-state index in [-0.39, 0.29) is 17.4 Å². The standard InChI is InChI=1S/C9H19NO2/c1-5-8(4)9(7(2)3)6-10(11)12/h7-9H,5-6H2,1-4H3/t8-,9+/m1/s1. The quantitative estimate of drug-likeness (QED) is 0.473. The van der Waals surface area contributed by atoms with Crippen molar-refractivity contribution < 1.29 is 4.92 Å². The third-order valence-electron chi connectivity index (χ3n) is 2.59. The van der Waals surface area contributed by atoms with Gasteiger partial charge in [-0.3, -0.25) is 10.1 Å². The predicted molar refractivity (Wildman–Crippen MR) is 49.6 cm³/mol. The van der Waals surface area contributed by atoms with E-state index in [0.29, 0.717) is 11.8 Å². The molecule has 2 atom stereocenters. The van der Waals surface area contributed by atoms with Crippen molar-refractivity contribution in [1.29, 1.82) is 0 Å². The predicted octanol–water partition coefficient (Wildman–Crippen LogP) is 2.58. The van der Waals surface area contributed by atoms with E-state index < -0.39 is 0 Å². The molecule has 3 nitrogen and oxygen atoms in total. The fraction of sp³-hybridized carbons (Fsp3) is 1.00. The molecule has 72 valence electrons. The molecule has 0 fully saturated rings. The Morgan fingerprint density at radius 2 is 1.83 bits per heavy atom. The van der Waals surface area contributed by atoms with Gasteiger partial charge in [0.1, 0.15) is 0 Å². The molecule has 0 aromatic rings. The molecule has 12 heavy (non-hydrogen) atoms. The first kappa shape index (κ1) is 11.4. The molecule has 0 unspecified atom stereocenters. The van der Waals surface area contributed by atoms with Crippen LogP contribution in [0, 0.1) is 27.9 Å². The lowest BCUT2D eigenvalue weighted by Crippen LogP contribution is -2.25. The number of nitrogens with zero attached hydrogens (tertiary/aromatic N) is 1. The number of hydrogen-bond donors (Lipinski definition) is 0. The van der Waals surface area contributed by atoms with E-state index in [4.69, 9.17) is 0 Å². The van der Waals surface area contributed by atoms with E-state index in [0.717, 1.165) is 6.42 Å². The third kappa shape index (κ3) is 3.69. The van der Waals surface area contributed by atoms with Gasteiger partial charge in [0.25, 0.3) is 0 Å². The molecule has 0 aliphatic heterocycles. The topological polar surface area (TPSA) is 43.1 Å². The highest BCUT2D eigenvalue weighted by Gasteiger charge is 2.24. The molecule has 0 aliphatic carbocycles. The van der Waals surface area contributed by atoms with Crippen LogP contribution in [0.25, 0.3) is 0 Å². The van der Waals surface area contributed by atoms with Crippen LogP contribution in [-0.4, -0.2) is 11.5 Å². The average molecular weight is 173 g/mol. The smallest absolute Gasteiger partial charge is 0.207 e. The summed E-state index contributed by atoms with van der Waals surface area (Å²) in [7, 11) is 0. The molecule has 0 aromatic carbocycles. The molecule has 0 N–H and O–H groups in total. The Balaban J connectivity index is 4.12. The van der Waals surface area contributed by atoms with Crippen LogP contribution in [0.1, 0.15) is 34.1 Å². The molecule has 0 amide bonds. The van der Waals surface area contributed by atoms with Gasteiger partial charge in [-0.1, -0.05) is 34.1 Å². The maximum Gasteiger partial charge on any atom is 0.207 e. The minimum atomic E-state index is -0.198. The molecular weight excluding hydrogens is 154 g/mol. The molecule has 0 radical (unpaired) electrons. The minimum Gasteiger partial charge on any atom is -0.265 e. The molecule has 0 aromatic heterocycles. The van der Waals surface area contributed by atoms with Crippen molar-refractivity contribution in [3.8, 4) is 0 Å². The molecule has 0 heterocycles. The molecule has 0 spiro atoms. The minimum absolute atomic E-state index is 0.118. The van der Waals surface area contributed by atoms with Crippen molar-refractivity contribution in [2.24, 2.45) is 17.8 Å². The van der Waals surface area contributed by atoms with Crippen LogP contribution in [-0.2, 0) is 0 Å². The number of nitro groups is 1. The van der Waals surface area contributed by atoms with Gasteiger partial charge in [-0.25, -0.2) is 0 Å². The van der Waals surface area contributed by atoms with Crippen molar-refractivity contribution >= 4 is 0 Å². The Labute approximate surface area is 74.3 Å². The normalized spacial score (nSPS) is 16.1. The first-order valence-electron chi connectivity index (χ1n) is 4.60. The summed E-state index contributed by atoms with van der Waals surface area (Å²) < 4.78 is 0. The zero-order chi connectivity index (χ0) is 9.72. The van der Waals surface area contributed by atoms with Gasteiger partial charge >= 0.3 is 0 Å². The Morgan fingerprint density at radius 3 is 2.08 bits per heavy atom. The van der Waals surface area contributed by atoms with Crippen LogP contribution in [0.2, 0.25) is 0 Å². The molecule has 0 aliphatic rings. The first-order chi connectivity index (χ1) is 5.49. The van der Waals surface area contributed by atoms with E-state index >= 15 is 0 Å². The summed E-state index contributed by atoms with van der Waals surface area (Å²) in [5.74, 6) is 1.09.